The van der Waals surface area contributed by atoms with Crippen molar-refractivity contribution < 1.29 is 14.3 Å². The quantitative estimate of drug-likeness (QED) is 0.444. The van der Waals surface area contributed by atoms with Gasteiger partial charge in [0.15, 0.2) is 0 Å². The van der Waals surface area contributed by atoms with E-state index >= 15 is 0 Å². The maximum absolute atomic E-state index is 11.0. The highest BCUT2D eigenvalue weighted by Gasteiger charge is 2.34. The first-order valence-electron chi connectivity index (χ1n) is 3.96. The fourth-order valence-corrected chi connectivity index (χ4v) is 1.38. The zero-order chi connectivity index (χ0) is 9.03. The van der Waals surface area contributed by atoms with Crippen LogP contribution in [0.5, 0.6) is 0 Å². The van der Waals surface area contributed by atoms with Gasteiger partial charge in [-0.3, -0.25) is 4.79 Å². The van der Waals surface area contributed by atoms with Gasteiger partial charge in [-0.25, -0.2) is 0 Å². The van der Waals surface area contributed by atoms with Crippen molar-refractivity contribution in [1.29, 1.82) is 0 Å². The second-order valence-electron chi connectivity index (χ2n) is 3.40. The molecule has 1 rings (SSSR count). The van der Waals surface area contributed by atoms with Crippen molar-refractivity contribution >= 4 is 28.6 Å². The molecule has 0 aromatic carbocycles. The molecule has 0 aromatic rings. The van der Waals surface area contributed by atoms with Gasteiger partial charge in [-0.2, -0.15) is 0 Å². The van der Waals surface area contributed by atoms with Crippen LogP contribution in [0.3, 0.4) is 0 Å². The van der Waals surface area contributed by atoms with Gasteiger partial charge in [-0.15, -0.1) is 0 Å². The number of rotatable bonds is 4. The fourth-order valence-electron chi connectivity index (χ4n) is 0.938. The van der Waals surface area contributed by atoms with E-state index in [0.717, 1.165) is 4.43 Å². The van der Waals surface area contributed by atoms with Crippen molar-refractivity contribution in [2.24, 2.45) is 5.41 Å². The number of carbonyl (C=O) groups is 1. The monoisotopic (exact) mass is 284 g/mol. The van der Waals surface area contributed by atoms with Gasteiger partial charge in [-0.1, -0.05) is 29.5 Å². The summed E-state index contributed by atoms with van der Waals surface area (Å²) in [6.45, 7) is 3.99. The predicted octanol–water partition coefficient (Wildman–Crippen LogP) is 1.39. The Balaban J connectivity index is 2.12. The Labute approximate surface area is 85.9 Å². The minimum absolute atomic E-state index is 0.0843. The van der Waals surface area contributed by atoms with Gasteiger partial charge in [0.25, 0.3) is 0 Å². The molecule has 1 aliphatic rings. The molecule has 12 heavy (non-hydrogen) atoms. The first-order valence-corrected chi connectivity index (χ1v) is 5.48. The SMILES string of the molecule is CC1(COC(=O)CCI)COC1. The Morgan fingerprint density at radius 1 is 1.67 bits per heavy atom. The number of esters is 1. The van der Waals surface area contributed by atoms with E-state index in [4.69, 9.17) is 9.47 Å². The zero-order valence-corrected chi connectivity index (χ0v) is 9.30. The lowest BCUT2D eigenvalue weighted by Crippen LogP contribution is -2.44. The van der Waals surface area contributed by atoms with E-state index in [1.807, 2.05) is 0 Å². The fraction of sp³-hybridized carbons (Fsp3) is 0.875. The highest BCUT2D eigenvalue weighted by Crippen LogP contribution is 2.26. The van der Waals surface area contributed by atoms with Crippen LogP contribution < -0.4 is 0 Å². The number of hydrogen-bond acceptors (Lipinski definition) is 3. The van der Waals surface area contributed by atoms with Crippen LogP contribution in [0, 0.1) is 5.41 Å². The average Bonchev–Trinajstić information content (AvgIpc) is 1.98. The number of ether oxygens (including phenoxy) is 2. The third kappa shape index (κ3) is 2.90. The zero-order valence-electron chi connectivity index (χ0n) is 7.14. The molecule has 1 heterocycles. The standard InChI is InChI=1S/C8H13IO3/c1-8(4-11-5-8)6-12-7(10)2-3-9/h2-6H2,1H3. The second-order valence-corrected chi connectivity index (χ2v) is 4.48. The third-order valence-electron chi connectivity index (χ3n) is 1.78. The minimum Gasteiger partial charge on any atom is -0.465 e. The molecule has 0 bridgehead atoms. The summed E-state index contributed by atoms with van der Waals surface area (Å²) < 4.78 is 10.9. The Morgan fingerprint density at radius 2 is 2.33 bits per heavy atom. The summed E-state index contributed by atoms with van der Waals surface area (Å²) in [5.74, 6) is -0.0995. The highest BCUT2D eigenvalue weighted by atomic mass is 127. The van der Waals surface area contributed by atoms with E-state index in [9.17, 15) is 4.79 Å². The predicted molar refractivity (Wildman–Crippen MR) is 53.4 cm³/mol. The Kier molecular flexibility index (Phi) is 3.77. The van der Waals surface area contributed by atoms with E-state index < -0.39 is 0 Å². The molecule has 0 spiro atoms. The summed E-state index contributed by atoms with van der Waals surface area (Å²) in [6, 6.07) is 0. The van der Waals surface area contributed by atoms with Crippen LogP contribution in [0.2, 0.25) is 0 Å². The lowest BCUT2D eigenvalue weighted by atomic mass is 9.90. The van der Waals surface area contributed by atoms with E-state index in [1.54, 1.807) is 0 Å². The van der Waals surface area contributed by atoms with Crippen molar-refractivity contribution in [1.82, 2.24) is 0 Å². The van der Waals surface area contributed by atoms with E-state index in [2.05, 4.69) is 29.5 Å². The largest absolute Gasteiger partial charge is 0.465 e. The summed E-state index contributed by atoms with van der Waals surface area (Å²) in [5.41, 5.74) is 0.0843. The van der Waals surface area contributed by atoms with Crippen LogP contribution in [-0.4, -0.2) is 30.2 Å². The molecule has 70 valence electrons. The van der Waals surface area contributed by atoms with Gasteiger partial charge in [0.2, 0.25) is 0 Å². The van der Waals surface area contributed by atoms with Crippen LogP contribution in [0.25, 0.3) is 0 Å². The Morgan fingerprint density at radius 3 is 2.75 bits per heavy atom. The normalized spacial score (nSPS) is 19.8. The van der Waals surface area contributed by atoms with Crippen molar-refractivity contribution in [2.75, 3.05) is 24.2 Å². The van der Waals surface area contributed by atoms with Crippen LogP contribution in [-0.2, 0) is 14.3 Å². The molecule has 0 N–H and O–H groups in total. The van der Waals surface area contributed by atoms with Crippen LogP contribution >= 0.6 is 22.6 Å². The molecule has 0 radical (unpaired) electrons. The maximum atomic E-state index is 11.0. The van der Waals surface area contributed by atoms with E-state index in [0.29, 0.717) is 26.2 Å². The molecule has 0 amide bonds. The number of hydrogen-bond donors (Lipinski definition) is 0. The van der Waals surface area contributed by atoms with E-state index in [1.165, 1.54) is 0 Å². The molecule has 0 aromatic heterocycles. The summed E-state index contributed by atoms with van der Waals surface area (Å²) in [5, 5.41) is 0. The van der Waals surface area contributed by atoms with Gasteiger partial charge in [0.05, 0.1) is 19.6 Å². The molecule has 0 saturated carbocycles. The first kappa shape index (κ1) is 10.2. The van der Waals surface area contributed by atoms with Gasteiger partial charge in [-0.05, 0) is 0 Å². The Bertz CT molecular complexity index is 166. The van der Waals surface area contributed by atoms with Gasteiger partial charge < -0.3 is 9.47 Å². The molecule has 0 aliphatic carbocycles. The van der Waals surface area contributed by atoms with Crippen molar-refractivity contribution in [3.05, 3.63) is 0 Å². The first-order chi connectivity index (χ1) is 5.66. The molecular formula is C8H13IO3. The second kappa shape index (κ2) is 4.41. The topological polar surface area (TPSA) is 35.5 Å². The average molecular weight is 284 g/mol. The van der Waals surface area contributed by atoms with Crippen molar-refractivity contribution in [2.45, 2.75) is 13.3 Å². The van der Waals surface area contributed by atoms with Crippen LogP contribution in [0.1, 0.15) is 13.3 Å². The van der Waals surface area contributed by atoms with Gasteiger partial charge >= 0.3 is 5.97 Å². The van der Waals surface area contributed by atoms with Gasteiger partial charge in [0.1, 0.15) is 6.61 Å². The Hall–Kier alpha value is 0.160. The summed E-state index contributed by atoms with van der Waals surface area (Å²) in [7, 11) is 0. The number of alkyl halides is 1. The summed E-state index contributed by atoms with van der Waals surface area (Å²) >= 11 is 2.16. The lowest BCUT2D eigenvalue weighted by molar-refractivity contribution is -0.164. The molecule has 1 fully saturated rings. The minimum atomic E-state index is -0.0995. The third-order valence-corrected chi connectivity index (χ3v) is 2.32. The molecule has 0 atom stereocenters. The molecular weight excluding hydrogens is 271 g/mol. The lowest BCUT2D eigenvalue weighted by Gasteiger charge is -2.37. The number of carbonyl (C=O) groups excluding carboxylic acids is 1. The molecule has 4 heteroatoms. The van der Waals surface area contributed by atoms with Crippen molar-refractivity contribution in [3.8, 4) is 0 Å². The van der Waals surface area contributed by atoms with Crippen LogP contribution in [0.4, 0.5) is 0 Å². The molecule has 1 saturated heterocycles. The van der Waals surface area contributed by atoms with E-state index in [-0.39, 0.29) is 11.4 Å². The summed E-state index contributed by atoms with van der Waals surface area (Å²) in [6.07, 6.45) is 0.511. The van der Waals surface area contributed by atoms with Crippen LogP contribution in [0.15, 0.2) is 0 Å². The highest BCUT2D eigenvalue weighted by molar-refractivity contribution is 14.1. The summed E-state index contributed by atoms with van der Waals surface area (Å²) in [4.78, 5) is 11.0. The molecule has 0 unspecified atom stereocenters. The molecule has 3 nitrogen and oxygen atoms in total. The number of halogens is 1. The van der Waals surface area contributed by atoms with Gasteiger partial charge in [0, 0.05) is 9.84 Å². The maximum Gasteiger partial charge on any atom is 0.306 e. The molecule has 1 aliphatic heterocycles. The smallest absolute Gasteiger partial charge is 0.306 e. The van der Waals surface area contributed by atoms with Crippen molar-refractivity contribution in [3.63, 3.8) is 0 Å².